The Morgan fingerprint density at radius 1 is 1.25 bits per heavy atom. The van der Waals surface area contributed by atoms with Gasteiger partial charge in [-0.05, 0) is 26.7 Å². The maximum absolute atomic E-state index is 11.0. The summed E-state index contributed by atoms with van der Waals surface area (Å²) in [4.78, 5) is 26.3. The van der Waals surface area contributed by atoms with Crippen LogP contribution < -0.4 is 5.48 Å². The van der Waals surface area contributed by atoms with Crippen LogP contribution in [0.3, 0.4) is 0 Å². The van der Waals surface area contributed by atoms with Crippen molar-refractivity contribution >= 4 is 12.2 Å². The first-order valence-corrected chi connectivity index (χ1v) is 5.03. The lowest BCUT2D eigenvalue weighted by molar-refractivity contribution is -0.0320. The predicted octanol–water partition coefficient (Wildman–Crippen LogP) is 2.24. The SMILES string of the molecule is CC(C)COC(=O)NOC(=O)OC(C)(C)C. The second kappa shape index (κ2) is 6.19. The van der Waals surface area contributed by atoms with Crippen LogP contribution in [0.25, 0.3) is 0 Å². The van der Waals surface area contributed by atoms with Crippen LogP contribution >= 0.6 is 0 Å². The summed E-state index contributed by atoms with van der Waals surface area (Å²) in [6, 6.07) is 0. The second-order valence-electron chi connectivity index (χ2n) is 4.66. The van der Waals surface area contributed by atoms with E-state index in [0.717, 1.165) is 0 Å². The first-order valence-electron chi connectivity index (χ1n) is 5.03. The highest BCUT2D eigenvalue weighted by Crippen LogP contribution is 2.07. The Morgan fingerprint density at radius 2 is 1.81 bits per heavy atom. The highest BCUT2D eigenvalue weighted by Gasteiger charge is 2.18. The molecule has 0 aliphatic carbocycles. The Kier molecular flexibility index (Phi) is 5.63. The molecule has 0 spiro atoms. The standard InChI is InChI=1S/C10H19NO5/c1-7(2)6-14-8(12)11-16-9(13)15-10(3,4)5/h7H,6H2,1-5H3,(H,11,12). The molecule has 94 valence electrons. The predicted molar refractivity (Wildman–Crippen MR) is 56.6 cm³/mol. The van der Waals surface area contributed by atoms with Crippen LogP contribution in [-0.2, 0) is 14.3 Å². The molecule has 0 bridgehead atoms. The molecule has 16 heavy (non-hydrogen) atoms. The molecule has 0 radical (unpaired) electrons. The first-order chi connectivity index (χ1) is 7.20. The van der Waals surface area contributed by atoms with E-state index in [4.69, 9.17) is 9.47 Å². The van der Waals surface area contributed by atoms with Crippen molar-refractivity contribution < 1.29 is 23.9 Å². The largest absolute Gasteiger partial charge is 0.533 e. The second-order valence-corrected chi connectivity index (χ2v) is 4.66. The van der Waals surface area contributed by atoms with Crippen molar-refractivity contribution in [2.75, 3.05) is 6.61 Å². The van der Waals surface area contributed by atoms with Crippen molar-refractivity contribution in [1.82, 2.24) is 5.48 Å². The summed E-state index contributed by atoms with van der Waals surface area (Å²) in [6.45, 7) is 9.09. The van der Waals surface area contributed by atoms with Crippen molar-refractivity contribution in [2.45, 2.75) is 40.2 Å². The van der Waals surface area contributed by atoms with Crippen molar-refractivity contribution in [3.63, 3.8) is 0 Å². The van der Waals surface area contributed by atoms with Crippen molar-refractivity contribution in [1.29, 1.82) is 0 Å². The number of amides is 1. The number of nitrogens with one attached hydrogen (secondary N) is 1. The van der Waals surface area contributed by atoms with Gasteiger partial charge in [0.25, 0.3) is 0 Å². The molecule has 1 N–H and O–H groups in total. The molecule has 0 rings (SSSR count). The topological polar surface area (TPSA) is 73.9 Å². The molecular formula is C10H19NO5. The number of hydrogen-bond acceptors (Lipinski definition) is 5. The summed E-state index contributed by atoms with van der Waals surface area (Å²) < 4.78 is 9.48. The zero-order valence-corrected chi connectivity index (χ0v) is 10.3. The zero-order chi connectivity index (χ0) is 12.8. The lowest BCUT2D eigenvalue weighted by Gasteiger charge is -2.18. The van der Waals surface area contributed by atoms with E-state index in [0.29, 0.717) is 0 Å². The Labute approximate surface area is 95.2 Å². The van der Waals surface area contributed by atoms with Crippen molar-refractivity contribution in [3.8, 4) is 0 Å². The molecule has 0 atom stereocenters. The third-order valence-corrected chi connectivity index (χ3v) is 1.15. The average molecular weight is 233 g/mol. The van der Waals surface area contributed by atoms with Gasteiger partial charge in [0, 0.05) is 0 Å². The molecule has 0 saturated heterocycles. The van der Waals surface area contributed by atoms with Crippen LogP contribution in [0.2, 0.25) is 0 Å². The van der Waals surface area contributed by atoms with E-state index in [1.165, 1.54) is 0 Å². The van der Waals surface area contributed by atoms with Crippen LogP contribution in [0.4, 0.5) is 9.59 Å². The Hall–Kier alpha value is -1.46. The van der Waals surface area contributed by atoms with Crippen LogP contribution in [0.1, 0.15) is 34.6 Å². The highest BCUT2D eigenvalue weighted by atomic mass is 16.8. The van der Waals surface area contributed by atoms with Gasteiger partial charge < -0.3 is 14.3 Å². The van der Waals surface area contributed by atoms with Gasteiger partial charge in [0.2, 0.25) is 0 Å². The van der Waals surface area contributed by atoms with E-state index < -0.39 is 17.8 Å². The summed E-state index contributed by atoms with van der Waals surface area (Å²) in [5.74, 6) is 0.215. The molecule has 0 aromatic heterocycles. The van der Waals surface area contributed by atoms with E-state index in [9.17, 15) is 9.59 Å². The molecule has 0 aliphatic heterocycles. The minimum Gasteiger partial charge on any atom is -0.447 e. The average Bonchev–Trinajstić information content (AvgIpc) is 2.08. The minimum atomic E-state index is -0.978. The van der Waals surface area contributed by atoms with Crippen LogP contribution in [0, 0.1) is 5.92 Å². The molecule has 0 heterocycles. The van der Waals surface area contributed by atoms with E-state index in [2.05, 4.69) is 4.84 Å². The van der Waals surface area contributed by atoms with Gasteiger partial charge >= 0.3 is 12.2 Å². The van der Waals surface area contributed by atoms with Gasteiger partial charge in [0.1, 0.15) is 5.60 Å². The molecule has 0 aromatic carbocycles. The Balaban J connectivity index is 3.72. The van der Waals surface area contributed by atoms with Crippen molar-refractivity contribution in [3.05, 3.63) is 0 Å². The van der Waals surface area contributed by atoms with E-state index in [1.807, 2.05) is 19.3 Å². The van der Waals surface area contributed by atoms with Crippen molar-refractivity contribution in [2.24, 2.45) is 5.92 Å². The summed E-state index contributed by atoms with van der Waals surface area (Å²) in [5.41, 5.74) is 1.16. The maximum atomic E-state index is 11.0. The van der Waals surface area contributed by atoms with Crippen LogP contribution in [0.15, 0.2) is 0 Å². The fourth-order valence-electron chi connectivity index (χ4n) is 0.626. The minimum absolute atomic E-state index is 0.215. The smallest absolute Gasteiger partial charge is 0.447 e. The van der Waals surface area contributed by atoms with Gasteiger partial charge in [-0.15, -0.1) is 5.48 Å². The third-order valence-electron chi connectivity index (χ3n) is 1.15. The van der Waals surface area contributed by atoms with Crippen LogP contribution in [-0.4, -0.2) is 24.5 Å². The van der Waals surface area contributed by atoms with Gasteiger partial charge in [0.05, 0.1) is 6.61 Å². The Morgan fingerprint density at radius 3 is 2.25 bits per heavy atom. The van der Waals surface area contributed by atoms with E-state index >= 15 is 0 Å². The lowest BCUT2D eigenvalue weighted by atomic mass is 10.2. The molecule has 0 aromatic rings. The summed E-state index contributed by atoms with van der Waals surface area (Å²) in [7, 11) is 0. The zero-order valence-electron chi connectivity index (χ0n) is 10.3. The molecular weight excluding hydrogens is 214 g/mol. The first kappa shape index (κ1) is 14.5. The number of hydrogen-bond donors (Lipinski definition) is 1. The van der Waals surface area contributed by atoms with Gasteiger partial charge in [0.15, 0.2) is 0 Å². The quantitative estimate of drug-likeness (QED) is 0.584. The molecule has 0 unspecified atom stereocenters. The monoisotopic (exact) mass is 233 g/mol. The van der Waals surface area contributed by atoms with Crippen LogP contribution in [0.5, 0.6) is 0 Å². The normalized spacial score (nSPS) is 10.9. The van der Waals surface area contributed by atoms with Gasteiger partial charge in [-0.2, -0.15) is 0 Å². The number of carbonyl (C=O) groups is 2. The summed E-state index contributed by atoms with van der Waals surface area (Å²) in [5, 5.41) is 0. The molecule has 0 saturated carbocycles. The maximum Gasteiger partial charge on any atom is 0.533 e. The third kappa shape index (κ3) is 9.11. The summed E-state index contributed by atoms with van der Waals surface area (Å²) in [6.07, 6.45) is -1.80. The van der Waals surface area contributed by atoms with E-state index in [1.54, 1.807) is 20.8 Å². The van der Waals surface area contributed by atoms with Gasteiger partial charge in [-0.3, -0.25) is 0 Å². The number of carbonyl (C=O) groups excluding carboxylic acids is 2. The van der Waals surface area contributed by atoms with E-state index in [-0.39, 0.29) is 12.5 Å². The molecule has 1 amide bonds. The Bertz CT molecular complexity index is 244. The summed E-state index contributed by atoms with van der Waals surface area (Å²) >= 11 is 0. The van der Waals surface area contributed by atoms with Gasteiger partial charge in [-0.1, -0.05) is 13.8 Å². The molecule has 0 aliphatic rings. The number of hydroxylamine groups is 1. The number of ether oxygens (including phenoxy) is 2. The molecule has 6 nitrogen and oxygen atoms in total. The number of rotatable bonds is 2. The lowest BCUT2D eigenvalue weighted by Crippen LogP contribution is -2.32. The molecule has 6 heteroatoms. The molecule has 0 fully saturated rings. The highest BCUT2D eigenvalue weighted by molar-refractivity contribution is 5.69. The fraction of sp³-hybridized carbons (Fsp3) is 0.800. The van der Waals surface area contributed by atoms with Gasteiger partial charge in [-0.25, -0.2) is 9.59 Å². The fourth-order valence-corrected chi connectivity index (χ4v) is 0.626.